The molecule has 0 saturated carbocycles. The average Bonchev–Trinajstić information content (AvgIpc) is 2.62. The highest BCUT2D eigenvalue weighted by Gasteiger charge is 2.28. The van der Waals surface area contributed by atoms with Crippen LogP contribution >= 0.6 is 23.4 Å². The summed E-state index contributed by atoms with van der Waals surface area (Å²) < 4.78 is 38.4. The number of thioether (sulfide) groups is 1. The van der Waals surface area contributed by atoms with Crippen molar-refractivity contribution in [1.29, 1.82) is 0 Å². The summed E-state index contributed by atoms with van der Waals surface area (Å²) >= 11 is 7.58. The third kappa shape index (κ3) is 6.68. The van der Waals surface area contributed by atoms with Gasteiger partial charge in [-0.15, -0.1) is 0 Å². The first-order valence-corrected chi connectivity index (χ1v) is 11.9. The minimum Gasteiger partial charge on any atom is -0.353 e. The molecular weight excluding hydrogens is 423 g/mol. The van der Waals surface area contributed by atoms with Gasteiger partial charge in [0.2, 0.25) is 15.9 Å². The lowest BCUT2D eigenvalue weighted by Gasteiger charge is -2.28. The van der Waals surface area contributed by atoms with Gasteiger partial charge in [0.15, 0.2) is 0 Å². The Balaban J connectivity index is 1.89. The summed E-state index contributed by atoms with van der Waals surface area (Å²) in [4.78, 5) is 12.4. The molecule has 1 N–H and O–H groups in total. The molecule has 28 heavy (non-hydrogen) atoms. The van der Waals surface area contributed by atoms with Gasteiger partial charge in [-0.05, 0) is 48.9 Å². The van der Waals surface area contributed by atoms with Crippen LogP contribution in [0, 0.1) is 5.82 Å². The highest BCUT2D eigenvalue weighted by atomic mass is 35.5. The van der Waals surface area contributed by atoms with E-state index in [4.69, 9.17) is 11.6 Å². The molecule has 0 spiro atoms. The molecule has 2 rings (SSSR count). The van der Waals surface area contributed by atoms with Crippen LogP contribution in [-0.2, 0) is 20.6 Å². The van der Waals surface area contributed by atoms with Crippen molar-refractivity contribution in [2.45, 2.75) is 18.7 Å². The Kier molecular flexibility index (Phi) is 8.15. The van der Waals surface area contributed by atoms with Crippen LogP contribution in [0.1, 0.15) is 12.5 Å². The summed E-state index contributed by atoms with van der Waals surface area (Å²) in [7, 11) is -3.72. The van der Waals surface area contributed by atoms with Crippen LogP contribution in [0.5, 0.6) is 0 Å². The second-order valence-electron chi connectivity index (χ2n) is 6.18. The Morgan fingerprint density at radius 2 is 1.93 bits per heavy atom. The number of halogens is 2. The molecule has 5 nitrogen and oxygen atoms in total. The third-order valence-electron chi connectivity index (χ3n) is 3.87. The number of carbonyl (C=O) groups excluding carboxylic acids is 1. The van der Waals surface area contributed by atoms with Gasteiger partial charge in [0.25, 0.3) is 0 Å². The Morgan fingerprint density at radius 3 is 2.54 bits per heavy atom. The van der Waals surface area contributed by atoms with E-state index in [-0.39, 0.29) is 5.69 Å². The molecule has 1 amide bonds. The lowest BCUT2D eigenvalue weighted by molar-refractivity contribution is -0.121. The van der Waals surface area contributed by atoms with E-state index in [1.54, 1.807) is 11.8 Å². The minimum atomic E-state index is -3.72. The van der Waals surface area contributed by atoms with E-state index in [0.717, 1.165) is 34.0 Å². The van der Waals surface area contributed by atoms with Crippen molar-refractivity contribution >= 4 is 45.0 Å². The monoisotopic (exact) mass is 444 g/mol. The van der Waals surface area contributed by atoms with Gasteiger partial charge in [-0.1, -0.05) is 23.7 Å². The van der Waals surface area contributed by atoms with E-state index < -0.39 is 27.8 Å². The van der Waals surface area contributed by atoms with E-state index in [9.17, 15) is 17.6 Å². The van der Waals surface area contributed by atoms with Crippen molar-refractivity contribution in [3.8, 4) is 0 Å². The number of rotatable bonds is 9. The lowest BCUT2D eigenvalue weighted by Crippen LogP contribution is -2.48. The van der Waals surface area contributed by atoms with Gasteiger partial charge in [-0.2, -0.15) is 11.8 Å². The first-order chi connectivity index (χ1) is 13.2. The summed E-state index contributed by atoms with van der Waals surface area (Å²) in [6.07, 6.45) is 1.01. The molecule has 152 valence electrons. The molecule has 0 fully saturated rings. The van der Waals surface area contributed by atoms with Crippen molar-refractivity contribution in [2.75, 3.05) is 22.9 Å². The van der Waals surface area contributed by atoms with Crippen LogP contribution < -0.4 is 9.62 Å². The zero-order chi connectivity index (χ0) is 20.7. The minimum absolute atomic E-state index is 0.238. The highest BCUT2D eigenvalue weighted by Crippen LogP contribution is 2.21. The molecule has 1 atom stereocenters. The molecule has 0 aliphatic heterocycles. The second kappa shape index (κ2) is 10.1. The fraction of sp³-hybridized carbons (Fsp3) is 0.316. The summed E-state index contributed by atoms with van der Waals surface area (Å²) in [5, 5.41) is 3.43. The number of carbonyl (C=O) groups is 1. The predicted octanol–water partition coefficient (Wildman–Crippen LogP) is 3.68. The number of anilines is 1. The van der Waals surface area contributed by atoms with E-state index in [2.05, 4.69) is 5.32 Å². The Labute approximate surface area is 174 Å². The molecule has 2 aromatic rings. The Morgan fingerprint density at radius 1 is 1.25 bits per heavy atom. The molecule has 0 unspecified atom stereocenters. The maximum atomic E-state index is 13.1. The molecule has 0 bridgehead atoms. The van der Waals surface area contributed by atoms with E-state index in [1.807, 2.05) is 24.3 Å². The Bertz CT molecular complexity index is 908. The number of amides is 1. The van der Waals surface area contributed by atoms with Crippen molar-refractivity contribution in [3.63, 3.8) is 0 Å². The maximum Gasteiger partial charge on any atom is 0.243 e. The average molecular weight is 445 g/mol. The Hall–Kier alpha value is -1.77. The standard InChI is InChI=1S/C19H22ClFN2O3S2/c1-14(23(28(2,25)26)18-8-6-17(21)7-9-18)19(24)22-10-11-27-13-15-4-3-5-16(20)12-15/h3-9,12,14H,10-11,13H2,1-2H3,(H,22,24)/t14-/m1/s1. The SMILES string of the molecule is C[C@H](C(=O)NCCSCc1cccc(Cl)c1)N(c1ccc(F)cc1)S(C)(=O)=O. The third-order valence-corrected chi connectivity index (χ3v) is 6.38. The van der Waals surface area contributed by atoms with E-state index >= 15 is 0 Å². The highest BCUT2D eigenvalue weighted by molar-refractivity contribution is 7.98. The molecule has 2 aromatic carbocycles. The topological polar surface area (TPSA) is 66.5 Å². The van der Waals surface area contributed by atoms with Gasteiger partial charge in [-0.25, -0.2) is 12.8 Å². The first kappa shape index (κ1) is 22.5. The number of nitrogens with zero attached hydrogens (tertiary/aromatic N) is 1. The quantitative estimate of drug-likeness (QED) is 0.599. The molecule has 0 aliphatic carbocycles. The van der Waals surface area contributed by atoms with E-state index in [0.29, 0.717) is 17.3 Å². The van der Waals surface area contributed by atoms with Gasteiger partial charge < -0.3 is 5.32 Å². The van der Waals surface area contributed by atoms with Crippen LogP contribution in [-0.4, -0.2) is 38.9 Å². The number of hydrogen-bond donors (Lipinski definition) is 1. The summed E-state index contributed by atoms with van der Waals surface area (Å²) in [5.74, 6) is 0.529. The van der Waals surface area contributed by atoms with Crippen molar-refractivity contribution in [2.24, 2.45) is 0 Å². The number of nitrogens with one attached hydrogen (secondary N) is 1. The van der Waals surface area contributed by atoms with E-state index in [1.165, 1.54) is 19.1 Å². The fourth-order valence-corrected chi connectivity index (χ4v) is 4.80. The van der Waals surface area contributed by atoms with Crippen LogP contribution in [0.3, 0.4) is 0 Å². The first-order valence-electron chi connectivity index (χ1n) is 8.53. The normalized spacial score (nSPS) is 12.4. The molecule has 0 radical (unpaired) electrons. The summed E-state index contributed by atoms with van der Waals surface area (Å²) in [6, 6.07) is 11.6. The molecule has 0 saturated heterocycles. The molecular formula is C19H22ClFN2O3S2. The number of sulfonamides is 1. The van der Waals surface area contributed by atoms with Crippen molar-refractivity contribution in [3.05, 3.63) is 64.9 Å². The molecule has 0 aliphatic rings. The van der Waals surface area contributed by atoms with Crippen LogP contribution in [0.15, 0.2) is 48.5 Å². The van der Waals surface area contributed by atoms with Crippen molar-refractivity contribution < 1.29 is 17.6 Å². The summed E-state index contributed by atoms with van der Waals surface area (Å²) in [5.41, 5.74) is 1.33. The maximum absolute atomic E-state index is 13.1. The van der Waals surface area contributed by atoms with Gasteiger partial charge in [-0.3, -0.25) is 9.10 Å². The van der Waals surface area contributed by atoms with Gasteiger partial charge in [0, 0.05) is 23.1 Å². The van der Waals surface area contributed by atoms with Crippen LogP contribution in [0.25, 0.3) is 0 Å². The predicted molar refractivity (Wildman–Crippen MR) is 114 cm³/mol. The van der Waals surface area contributed by atoms with Crippen LogP contribution in [0.2, 0.25) is 5.02 Å². The molecule has 9 heteroatoms. The second-order valence-corrected chi connectivity index (χ2v) is 9.59. The number of hydrogen-bond acceptors (Lipinski definition) is 4. The fourth-order valence-electron chi connectivity index (χ4n) is 2.61. The van der Waals surface area contributed by atoms with Gasteiger partial charge in [0.05, 0.1) is 11.9 Å². The van der Waals surface area contributed by atoms with Crippen molar-refractivity contribution in [1.82, 2.24) is 5.32 Å². The largest absolute Gasteiger partial charge is 0.353 e. The molecule has 0 aromatic heterocycles. The lowest BCUT2D eigenvalue weighted by atomic mass is 10.2. The summed E-state index contributed by atoms with van der Waals surface area (Å²) in [6.45, 7) is 1.90. The van der Waals surface area contributed by atoms with Gasteiger partial charge in [0.1, 0.15) is 11.9 Å². The van der Waals surface area contributed by atoms with Gasteiger partial charge >= 0.3 is 0 Å². The zero-order valence-electron chi connectivity index (χ0n) is 15.6. The molecule has 0 heterocycles. The van der Waals surface area contributed by atoms with Crippen LogP contribution in [0.4, 0.5) is 10.1 Å². The number of benzene rings is 2. The smallest absolute Gasteiger partial charge is 0.243 e. The zero-order valence-corrected chi connectivity index (χ0v) is 18.0.